The molecule has 1 spiro atoms. The van der Waals surface area contributed by atoms with E-state index in [1.54, 1.807) is 0 Å². The number of carbonyl (C=O) groups excluding carboxylic acids is 1. The molecule has 0 saturated carbocycles. The van der Waals surface area contributed by atoms with E-state index >= 15 is 0 Å². The molecule has 0 radical (unpaired) electrons. The van der Waals surface area contributed by atoms with Crippen molar-refractivity contribution >= 4 is 23.0 Å². The van der Waals surface area contributed by atoms with Gasteiger partial charge in [-0.3, -0.25) is 9.69 Å². The molecule has 2 aliphatic rings. The van der Waals surface area contributed by atoms with Crippen LogP contribution in [-0.4, -0.2) is 54.6 Å². The van der Waals surface area contributed by atoms with Gasteiger partial charge < -0.3 is 14.6 Å². The fraction of sp³-hybridized carbons (Fsp3) is 0.500. The number of benzene rings is 1. The van der Waals surface area contributed by atoms with E-state index in [0.717, 1.165) is 50.1 Å². The summed E-state index contributed by atoms with van der Waals surface area (Å²) in [6.45, 7) is 3.22. The van der Waals surface area contributed by atoms with E-state index < -0.39 is 0 Å². The fourth-order valence-corrected chi connectivity index (χ4v) is 3.56. The minimum atomic E-state index is -0.360. The van der Waals surface area contributed by atoms with Gasteiger partial charge in [0.1, 0.15) is 11.1 Å². The molecule has 3 heterocycles. The summed E-state index contributed by atoms with van der Waals surface area (Å²) >= 11 is 0. The molecule has 1 N–H and O–H groups in total. The van der Waals surface area contributed by atoms with Crippen molar-refractivity contribution in [2.75, 3.05) is 38.1 Å². The van der Waals surface area contributed by atoms with Gasteiger partial charge in [0.25, 0.3) is 6.01 Å². The van der Waals surface area contributed by atoms with Crippen molar-refractivity contribution < 1.29 is 9.21 Å². The van der Waals surface area contributed by atoms with E-state index in [4.69, 9.17) is 4.42 Å². The number of amides is 1. The summed E-state index contributed by atoms with van der Waals surface area (Å²) in [7, 11) is 2.05. The van der Waals surface area contributed by atoms with Crippen LogP contribution < -0.4 is 10.2 Å². The van der Waals surface area contributed by atoms with Crippen molar-refractivity contribution in [2.45, 2.75) is 18.4 Å². The van der Waals surface area contributed by atoms with E-state index in [0.29, 0.717) is 6.01 Å². The molecule has 6 nitrogen and oxygen atoms in total. The van der Waals surface area contributed by atoms with Gasteiger partial charge in [0, 0.05) is 26.2 Å². The molecule has 1 aromatic carbocycles. The smallest absolute Gasteiger partial charge is 0.298 e. The van der Waals surface area contributed by atoms with Crippen LogP contribution in [0.1, 0.15) is 12.8 Å². The third-order valence-corrected chi connectivity index (χ3v) is 5.03. The summed E-state index contributed by atoms with van der Waals surface area (Å²) in [5.74, 6) is 0.165. The van der Waals surface area contributed by atoms with Crippen LogP contribution >= 0.6 is 0 Å². The first kappa shape index (κ1) is 13.6. The molecular weight excluding hydrogens is 280 g/mol. The van der Waals surface area contributed by atoms with Crippen LogP contribution in [-0.2, 0) is 4.79 Å². The Labute approximate surface area is 129 Å². The third-order valence-electron chi connectivity index (χ3n) is 5.03. The number of oxazole rings is 1. The van der Waals surface area contributed by atoms with Crippen LogP contribution in [0.25, 0.3) is 11.1 Å². The van der Waals surface area contributed by atoms with Gasteiger partial charge >= 0.3 is 0 Å². The second-order valence-electron chi connectivity index (χ2n) is 6.16. The molecule has 116 valence electrons. The van der Waals surface area contributed by atoms with E-state index in [1.807, 2.05) is 31.3 Å². The number of anilines is 1. The molecule has 2 saturated heterocycles. The maximum Gasteiger partial charge on any atom is 0.298 e. The van der Waals surface area contributed by atoms with Crippen molar-refractivity contribution in [3.63, 3.8) is 0 Å². The number of likely N-dealkylation sites (N-methyl/N-ethyl adjacent to an activating group) is 1. The molecule has 6 heteroatoms. The zero-order valence-corrected chi connectivity index (χ0v) is 12.7. The number of hydrogen-bond acceptors (Lipinski definition) is 5. The molecule has 1 amide bonds. The normalized spacial score (nSPS) is 22.2. The minimum absolute atomic E-state index is 0.165. The number of para-hydroxylation sites is 2. The SMILES string of the molecule is CN1CCNC(=O)C12CCN(c1nc3ccccc3o1)CC2. The maximum atomic E-state index is 12.4. The summed E-state index contributed by atoms with van der Waals surface area (Å²) in [4.78, 5) is 21.3. The topological polar surface area (TPSA) is 61.6 Å². The molecule has 0 aliphatic carbocycles. The van der Waals surface area contributed by atoms with Gasteiger partial charge in [-0.25, -0.2) is 0 Å². The van der Waals surface area contributed by atoms with E-state index in [9.17, 15) is 4.79 Å². The highest BCUT2D eigenvalue weighted by atomic mass is 16.4. The van der Waals surface area contributed by atoms with E-state index in [-0.39, 0.29) is 11.4 Å². The van der Waals surface area contributed by atoms with Gasteiger partial charge in [-0.15, -0.1) is 0 Å². The Hall–Kier alpha value is -2.08. The van der Waals surface area contributed by atoms with Crippen LogP contribution in [0, 0.1) is 0 Å². The summed E-state index contributed by atoms with van der Waals surface area (Å²) in [6, 6.07) is 8.45. The van der Waals surface area contributed by atoms with Gasteiger partial charge in [0.05, 0.1) is 0 Å². The van der Waals surface area contributed by atoms with Crippen molar-refractivity contribution in [2.24, 2.45) is 0 Å². The summed E-state index contributed by atoms with van der Waals surface area (Å²) in [5.41, 5.74) is 1.33. The maximum absolute atomic E-state index is 12.4. The zero-order chi connectivity index (χ0) is 15.2. The Morgan fingerprint density at radius 2 is 2.00 bits per heavy atom. The molecule has 0 bridgehead atoms. The van der Waals surface area contributed by atoms with Crippen molar-refractivity contribution in [3.8, 4) is 0 Å². The zero-order valence-electron chi connectivity index (χ0n) is 12.7. The van der Waals surface area contributed by atoms with Crippen LogP contribution in [0.15, 0.2) is 28.7 Å². The Kier molecular flexibility index (Phi) is 3.07. The number of hydrogen-bond donors (Lipinski definition) is 1. The van der Waals surface area contributed by atoms with Crippen molar-refractivity contribution in [3.05, 3.63) is 24.3 Å². The standard InChI is InChI=1S/C16H20N4O2/c1-19-11-8-17-14(21)16(19)6-9-20(10-7-16)15-18-12-4-2-3-5-13(12)22-15/h2-5H,6-11H2,1H3,(H,17,21). The number of piperazine rings is 1. The molecule has 0 unspecified atom stereocenters. The molecular formula is C16H20N4O2. The lowest BCUT2D eigenvalue weighted by Gasteiger charge is -2.48. The lowest BCUT2D eigenvalue weighted by molar-refractivity contribution is -0.137. The van der Waals surface area contributed by atoms with Crippen LogP contribution in [0.4, 0.5) is 6.01 Å². The first-order valence-electron chi connectivity index (χ1n) is 7.79. The number of piperidine rings is 1. The van der Waals surface area contributed by atoms with Gasteiger partial charge in [0.15, 0.2) is 5.58 Å². The number of rotatable bonds is 1. The molecule has 2 aliphatic heterocycles. The van der Waals surface area contributed by atoms with Crippen molar-refractivity contribution in [1.82, 2.24) is 15.2 Å². The van der Waals surface area contributed by atoms with Gasteiger partial charge in [-0.2, -0.15) is 4.98 Å². The number of nitrogens with zero attached hydrogens (tertiary/aromatic N) is 3. The largest absolute Gasteiger partial charge is 0.423 e. The second kappa shape index (κ2) is 4.98. The highest BCUT2D eigenvalue weighted by molar-refractivity contribution is 5.87. The molecule has 2 fully saturated rings. The first-order chi connectivity index (χ1) is 10.7. The molecule has 1 aromatic heterocycles. The van der Waals surface area contributed by atoms with Crippen LogP contribution in [0.5, 0.6) is 0 Å². The van der Waals surface area contributed by atoms with Gasteiger partial charge in [-0.05, 0) is 32.0 Å². The van der Waals surface area contributed by atoms with Crippen molar-refractivity contribution in [1.29, 1.82) is 0 Å². The Bertz CT molecular complexity index is 670. The van der Waals surface area contributed by atoms with Crippen LogP contribution in [0.3, 0.4) is 0 Å². The number of aromatic nitrogens is 1. The number of nitrogens with one attached hydrogen (secondary N) is 1. The summed E-state index contributed by atoms with van der Waals surface area (Å²) in [5, 5.41) is 3.01. The Balaban J connectivity index is 1.55. The highest BCUT2D eigenvalue weighted by Crippen LogP contribution is 2.32. The Morgan fingerprint density at radius 1 is 1.23 bits per heavy atom. The third kappa shape index (κ3) is 1.98. The monoisotopic (exact) mass is 300 g/mol. The first-order valence-corrected chi connectivity index (χ1v) is 7.79. The number of carbonyl (C=O) groups is 1. The van der Waals surface area contributed by atoms with Gasteiger partial charge in [-0.1, -0.05) is 12.1 Å². The lowest BCUT2D eigenvalue weighted by Crippen LogP contribution is -2.66. The predicted molar refractivity (Wildman–Crippen MR) is 83.8 cm³/mol. The van der Waals surface area contributed by atoms with E-state index in [2.05, 4.69) is 20.1 Å². The molecule has 22 heavy (non-hydrogen) atoms. The van der Waals surface area contributed by atoms with Crippen LogP contribution in [0.2, 0.25) is 0 Å². The average molecular weight is 300 g/mol. The van der Waals surface area contributed by atoms with Gasteiger partial charge in [0.2, 0.25) is 5.91 Å². The lowest BCUT2D eigenvalue weighted by atomic mass is 9.83. The fourth-order valence-electron chi connectivity index (χ4n) is 3.56. The molecule has 0 atom stereocenters. The highest BCUT2D eigenvalue weighted by Gasteiger charge is 2.46. The minimum Gasteiger partial charge on any atom is -0.423 e. The van der Waals surface area contributed by atoms with E-state index in [1.165, 1.54) is 0 Å². The quantitative estimate of drug-likeness (QED) is 0.858. The molecule has 4 rings (SSSR count). The number of fused-ring (bicyclic) bond motifs is 1. The summed E-state index contributed by atoms with van der Waals surface area (Å²) in [6.07, 6.45) is 1.60. The predicted octanol–water partition coefficient (Wildman–Crippen LogP) is 1.23. The second-order valence-corrected chi connectivity index (χ2v) is 6.16. The average Bonchev–Trinajstić information content (AvgIpc) is 2.97. The molecule has 2 aromatic rings. The Morgan fingerprint density at radius 3 is 2.73 bits per heavy atom. The summed E-state index contributed by atoms with van der Waals surface area (Å²) < 4.78 is 5.84.